The van der Waals surface area contributed by atoms with E-state index in [1.807, 2.05) is 0 Å². The second-order valence-corrected chi connectivity index (χ2v) is 11.9. The number of aromatic nitrogens is 4. The van der Waals surface area contributed by atoms with E-state index in [1.54, 1.807) is 6.07 Å². The molecule has 206 valence electrons. The van der Waals surface area contributed by atoms with Crippen LogP contribution in [0.2, 0.25) is 5.28 Å². The normalized spacial score (nSPS) is 27.0. The third-order valence-electron chi connectivity index (χ3n) is 6.97. The first-order valence-corrected chi connectivity index (χ1v) is 13.7. The predicted molar refractivity (Wildman–Crippen MR) is 131 cm³/mol. The molecule has 13 nitrogen and oxygen atoms in total. The van der Waals surface area contributed by atoms with Crippen molar-refractivity contribution >= 4 is 36.0 Å². The van der Waals surface area contributed by atoms with Gasteiger partial charge in [-0.1, -0.05) is 6.07 Å². The van der Waals surface area contributed by atoms with Crippen molar-refractivity contribution in [1.29, 1.82) is 0 Å². The van der Waals surface area contributed by atoms with Gasteiger partial charge in [-0.05, 0) is 54.6 Å². The third-order valence-corrected chi connectivity index (χ3v) is 8.64. The highest BCUT2D eigenvalue weighted by Gasteiger charge is 2.48. The van der Waals surface area contributed by atoms with Crippen molar-refractivity contribution in [2.45, 2.75) is 55.7 Å². The number of ether oxygens (including phenoxy) is 2. The minimum absolute atomic E-state index is 0.118. The molecule has 0 amide bonds. The summed E-state index contributed by atoms with van der Waals surface area (Å²) in [5.41, 5.74) is 2.03. The van der Waals surface area contributed by atoms with Gasteiger partial charge >= 0.3 is 7.60 Å². The van der Waals surface area contributed by atoms with Crippen molar-refractivity contribution in [2.24, 2.45) is 0 Å². The molecule has 16 heteroatoms. The van der Waals surface area contributed by atoms with Gasteiger partial charge in [0.1, 0.15) is 29.9 Å². The van der Waals surface area contributed by atoms with Crippen LogP contribution in [-0.2, 0) is 20.5 Å². The van der Waals surface area contributed by atoms with E-state index in [1.165, 1.54) is 23.0 Å². The summed E-state index contributed by atoms with van der Waals surface area (Å²) in [6.07, 6.45) is -2.65. The van der Waals surface area contributed by atoms with E-state index in [2.05, 4.69) is 20.4 Å². The topological polar surface area (TPSA) is 192 Å². The van der Waals surface area contributed by atoms with Gasteiger partial charge in [-0.25, -0.2) is 9.07 Å². The fraction of sp³-hybridized carbons (Fsp3) is 0.500. The van der Waals surface area contributed by atoms with E-state index in [9.17, 15) is 34.1 Å². The summed E-state index contributed by atoms with van der Waals surface area (Å²) in [5.74, 6) is 0.0589. The van der Waals surface area contributed by atoms with Crippen molar-refractivity contribution in [3.8, 4) is 0 Å². The van der Waals surface area contributed by atoms with Crippen LogP contribution in [0, 0.1) is 5.82 Å². The summed E-state index contributed by atoms with van der Waals surface area (Å²) >= 11 is 6.20. The Labute approximate surface area is 220 Å². The average molecular weight is 574 g/mol. The van der Waals surface area contributed by atoms with Gasteiger partial charge < -0.3 is 39.9 Å². The molecule has 0 radical (unpaired) electrons. The lowest BCUT2D eigenvalue weighted by molar-refractivity contribution is -0.104. The smallest absolute Gasteiger partial charge is 0.359 e. The van der Waals surface area contributed by atoms with Gasteiger partial charge in [0.15, 0.2) is 17.2 Å². The molecule has 1 aromatic carbocycles. The van der Waals surface area contributed by atoms with Crippen molar-refractivity contribution in [1.82, 2.24) is 19.7 Å². The Morgan fingerprint density at radius 3 is 2.79 bits per heavy atom. The van der Waals surface area contributed by atoms with Crippen molar-refractivity contribution < 1.29 is 43.5 Å². The Bertz CT molecular complexity index is 1410. The summed E-state index contributed by atoms with van der Waals surface area (Å²) in [6, 6.07) is 4.46. The lowest BCUT2D eigenvalue weighted by atomic mass is 10.1. The third kappa shape index (κ3) is 4.81. The van der Waals surface area contributed by atoms with E-state index in [0.717, 1.165) is 18.1 Å². The first-order chi connectivity index (χ1) is 17.9. The fourth-order valence-electron chi connectivity index (χ4n) is 4.65. The highest BCUT2D eigenvalue weighted by Crippen LogP contribution is 2.51. The maximum Gasteiger partial charge on any atom is 0.359 e. The predicted octanol–water partition coefficient (Wildman–Crippen LogP) is 1.24. The van der Waals surface area contributed by atoms with Gasteiger partial charge in [0, 0.05) is 0 Å². The number of fused-ring (bicyclic) bond motifs is 2. The first kappa shape index (κ1) is 27.3. The number of nitrogens with zero attached hydrogens (tertiary/aromatic N) is 4. The number of rotatable bonds is 8. The molecule has 0 unspecified atom stereocenters. The molecule has 2 aromatic heterocycles. The largest absolute Gasteiger partial charge is 0.393 e. The van der Waals surface area contributed by atoms with Gasteiger partial charge in [-0.3, -0.25) is 4.57 Å². The average Bonchev–Trinajstić information content (AvgIpc) is 3.53. The Kier molecular flexibility index (Phi) is 7.22. The minimum Gasteiger partial charge on any atom is -0.393 e. The van der Waals surface area contributed by atoms with Crippen LogP contribution >= 0.6 is 19.2 Å². The standard InChI is InChI=1S/C22H26ClFN5O8P/c1-22(9-30,38(33,34)35)36-8-15-16(31)17(32)20(37-15)29-19-13(7-25-29)18(27-21(23)28-19)26-14-5-2-10-6-11(24)3-4-12(10)14/h3-4,6-7,14-17,20,30-32H,2,5,8-9H2,1H3,(H,26,27,28)(H2,33,34,35)/t14-,15-,16-,17-,20-,22-/m1/s1. The number of aliphatic hydroxyl groups excluding tert-OH is 3. The van der Waals surface area contributed by atoms with Crippen molar-refractivity contribution in [3.63, 3.8) is 0 Å². The van der Waals surface area contributed by atoms with E-state index in [4.69, 9.17) is 21.1 Å². The molecular weight excluding hydrogens is 548 g/mol. The molecule has 1 saturated heterocycles. The van der Waals surface area contributed by atoms with Gasteiger partial charge in [-0.2, -0.15) is 15.1 Å². The number of hydrogen-bond acceptors (Lipinski definition) is 10. The van der Waals surface area contributed by atoms with E-state index < -0.39 is 50.7 Å². The number of hydrogen-bond donors (Lipinski definition) is 6. The molecule has 1 aliphatic carbocycles. The van der Waals surface area contributed by atoms with Crippen LogP contribution in [0.25, 0.3) is 11.0 Å². The Morgan fingerprint density at radius 2 is 2.08 bits per heavy atom. The quantitative estimate of drug-likeness (QED) is 0.167. The number of halogens is 2. The summed E-state index contributed by atoms with van der Waals surface area (Å²) in [6.45, 7) is -0.501. The van der Waals surface area contributed by atoms with E-state index in [0.29, 0.717) is 24.0 Å². The van der Waals surface area contributed by atoms with Crippen LogP contribution < -0.4 is 5.32 Å². The molecular formula is C22H26ClFN5O8P. The van der Waals surface area contributed by atoms with Crippen LogP contribution in [-0.4, -0.2) is 81.7 Å². The summed E-state index contributed by atoms with van der Waals surface area (Å²) < 4.78 is 37.5. The lowest BCUT2D eigenvalue weighted by Gasteiger charge is -2.29. The van der Waals surface area contributed by atoms with Crippen LogP contribution in [0.5, 0.6) is 0 Å². The van der Waals surface area contributed by atoms with Gasteiger partial charge in [-0.15, -0.1) is 0 Å². The molecule has 5 rings (SSSR count). The molecule has 6 atom stereocenters. The van der Waals surface area contributed by atoms with Crippen molar-refractivity contribution in [3.05, 3.63) is 46.6 Å². The first-order valence-electron chi connectivity index (χ1n) is 11.7. The number of nitrogens with one attached hydrogen (secondary N) is 1. The van der Waals surface area contributed by atoms with Gasteiger partial charge in [0.05, 0.1) is 30.8 Å². The number of benzene rings is 1. The summed E-state index contributed by atoms with van der Waals surface area (Å²) in [7, 11) is -4.87. The molecule has 2 aliphatic rings. The Balaban J connectivity index is 1.39. The van der Waals surface area contributed by atoms with Crippen LogP contribution in [0.3, 0.4) is 0 Å². The summed E-state index contributed by atoms with van der Waals surface area (Å²) in [4.78, 5) is 27.4. The monoisotopic (exact) mass is 573 g/mol. The van der Waals surface area contributed by atoms with E-state index >= 15 is 0 Å². The zero-order valence-electron chi connectivity index (χ0n) is 20.0. The highest BCUT2D eigenvalue weighted by atomic mass is 35.5. The summed E-state index contributed by atoms with van der Waals surface area (Å²) in [5, 5.41) is 36.3. The SMILES string of the molecule is C[C@@](CO)(OC[C@H]1O[C@@H](n2ncc3c(N[C@@H]4CCc5cc(F)ccc54)nc(Cl)nc32)[C@H](O)[C@@H]1O)P(=O)(O)O. The van der Waals surface area contributed by atoms with Crippen LogP contribution in [0.15, 0.2) is 24.4 Å². The van der Waals surface area contributed by atoms with Gasteiger partial charge in [0.25, 0.3) is 0 Å². The molecule has 1 fully saturated rings. The second kappa shape index (κ2) is 10.0. The maximum absolute atomic E-state index is 13.6. The lowest BCUT2D eigenvalue weighted by Crippen LogP contribution is -2.39. The Morgan fingerprint density at radius 1 is 1.32 bits per heavy atom. The maximum atomic E-state index is 13.6. The van der Waals surface area contributed by atoms with Crippen LogP contribution in [0.4, 0.5) is 10.2 Å². The minimum atomic E-state index is -4.87. The number of aryl methyl sites for hydroxylation is 1. The molecule has 6 N–H and O–H groups in total. The Hall–Kier alpha value is -2.26. The number of anilines is 1. The molecule has 1 aliphatic heterocycles. The fourth-order valence-corrected chi connectivity index (χ4v) is 5.24. The molecule has 3 heterocycles. The molecule has 38 heavy (non-hydrogen) atoms. The molecule has 0 saturated carbocycles. The number of aliphatic hydroxyl groups is 3. The van der Waals surface area contributed by atoms with E-state index in [-0.39, 0.29) is 22.8 Å². The molecule has 3 aromatic rings. The van der Waals surface area contributed by atoms with Crippen molar-refractivity contribution in [2.75, 3.05) is 18.5 Å². The zero-order valence-corrected chi connectivity index (χ0v) is 21.6. The second-order valence-electron chi connectivity index (χ2n) is 9.48. The highest BCUT2D eigenvalue weighted by molar-refractivity contribution is 7.53. The van der Waals surface area contributed by atoms with Crippen LogP contribution in [0.1, 0.15) is 36.7 Å². The molecule has 0 spiro atoms. The molecule has 0 bridgehead atoms. The zero-order chi connectivity index (χ0) is 27.4. The van der Waals surface area contributed by atoms with Gasteiger partial charge in [0.2, 0.25) is 5.28 Å².